The second-order valence-corrected chi connectivity index (χ2v) is 30.3. The summed E-state index contributed by atoms with van der Waals surface area (Å²) >= 11 is 11.3. The number of para-hydroxylation sites is 3. The molecule has 0 amide bonds. The van der Waals surface area contributed by atoms with Gasteiger partial charge < -0.3 is 13.7 Å². The fourth-order valence-electron chi connectivity index (χ4n) is 15.5. The van der Waals surface area contributed by atoms with Crippen LogP contribution in [0.3, 0.4) is 0 Å². The van der Waals surface area contributed by atoms with Crippen molar-refractivity contribution >= 4 is 113 Å². The molecule has 0 radical (unpaired) electrons. The molecule has 0 N–H and O–H groups in total. The first-order valence-electron chi connectivity index (χ1n) is 37.6. The number of hydrogen-bond acceptors (Lipinski definition) is 6. The highest BCUT2D eigenvalue weighted by Crippen LogP contribution is 2.42. The lowest BCUT2D eigenvalue weighted by molar-refractivity contribution is 1.16. The van der Waals surface area contributed by atoms with Gasteiger partial charge in [0.15, 0.2) is 5.82 Å². The summed E-state index contributed by atoms with van der Waals surface area (Å²) in [5, 5.41) is 7.35. The lowest BCUT2D eigenvalue weighted by Gasteiger charge is -2.13. The molecule has 0 aliphatic carbocycles. The molecular formula is C102H66Br3N9. The van der Waals surface area contributed by atoms with Crippen LogP contribution in [0.5, 0.6) is 0 Å². The Hall–Kier alpha value is -13.6. The number of benzene rings is 13. The number of nitrogens with zero attached hydrogens (tertiary/aromatic N) is 9. The van der Waals surface area contributed by atoms with Gasteiger partial charge in [0.05, 0.1) is 78.7 Å². The van der Waals surface area contributed by atoms with Crippen LogP contribution in [-0.4, -0.2) is 43.6 Å². The van der Waals surface area contributed by atoms with Crippen molar-refractivity contribution in [2.75, 3.05) is 0 Å². The molecule has 8 heterocycles. The molecule has 0 atom stereocenters. The summed E-state index contributed by atoms with van der Waals surface area (Å²) in [6.07, 6.45) is 3.59. The molecule has 0 aliphatic heterocycles. The quantitative estimate of drug-likeness (QED) is 0.121. The Labute approximate surface area is 684 Å². The van der Waals surface area contributed by atoms with Gasteiger partial charge in [-0.05, 0) is 168 Å². The van der Waals surface area contributed by atoms with Gasteiger partial charge in [0.1, 0.15) is 0 Å². The third kappa shape index (κ3) is 13.9. The molecule has 0 saturated carbocycles. The topological polar surface area (TPSA) is 92.1 Å². The van der Waals surface area contributed by atoms with Crippen LogP contribution in [0, 0.1) is 0 Å². The highest BCUT2D eigenvalue weighted by molar-refractivity contribution is 9.11. The molecule has 12 heteroatoms. The Balaban J connectivity index is 0.000000115. The highest BCUT2D eigenvalue weighted by atomic mass is 79.9. The predicted molar refractivity (Wildman–Crippen MR) is 481 cm³/mol. The first kappa shape index (κ1) is 70.7. The maximum Gasteiger partial charge on any atom is 0.160 e. The van der Waals surface area contributed by atoms with E-state index in [9.17, 15) is 0 Å². The monoisotopic (exact) mass is 1650 g/mol. The Morgan fingerprint density at radius 3 is 0.912 bits per heavy atom. The normalized spacial score (nSPS) is 11.3. The van der Waals surface area contributed by atoms with Gasteiger partial charge in [-0.3, -0.25) is 9.97 Å². The van der Waals surface area contributed by atoms with E-state index >= 15 is 0 Å². The molecular weight excluding hydrogens is 1590 g/mol. The molecule has 0 bridgehead atoms. The summed E-state index contributed by atoms with van der Waals surface area (Å²) in [5.41, 5.74) is 27.2. The van der Waals surface area contributed by atoms with Crippen LogP contribution in [0.15, 0.2) is 414 Å². The van der Waals surface area contributed by atoms with Crippen molar-refractivity contribution < 1.29 is 0 Å². The van der Waals surface area contributed by atoms with Gasteiger partial charge in [0.2, 0.25) is 0 Å². The van der Waals surface area contributed by atoms with Gasteiger partial charge in [0.25, 0.3) is 0 Å². The molecule has 8 aromatic heterocycles. The fraction of sp³-hybridized carbons (Fsp3) is 0. The Morgan fingerprint density at radius 2 is 0.500 bits per heavy atom. The summed E-state index contributed by atoms with van der Waals surface area (Å²) in [7, 11) is 0. The van der Waals surface area contributed by atoms with Crippen LogP contribution >= 0.6 is 47.8 Å². The zero-order valence-electron chi connectivity index (χ0n) is 61.3. The molecule has 0 unspecified atom stereocenters. The summed E-state index contributed by atoms with van der Waals surface area (Å²) in [6.45, 7) is 0. The highest BCUT2D eigenvalue weighted by Gasteiger charge is 2.21. The number of halogens is 3. The molecule has 114 heavy (non-hydrogen) atoms. The maximum absolute atomic E-state index is 5.05. The summed E-state index contributed by atoms with van der Waals surface area (Å²) < 4.78 is 10.3. The maximum atomic E-state index is 5.05. The average Bonchev–Trinajstić information content (AvgIpc) is 1.60. The van der Waals surface area contributed by atoms with E-state index in [1.165, 1.54) is 54.4 Å². The average molecular weight is 1660 g/mol. The molecule has 0 saturated heterocycles. The van der Waals surface area contributed by atoms with Crippen molar-refractivity contribution in [3.63, 3.8) is 0 Å². The van der Waals surface area contributed by atoms with Crippen LogP contribution < -0.4 is 0 Å². The summed E-state index contributed by atoms with van der Waals surface area (Å²) in [5.74, 6) is 0.703. The van der Waals surface area contributed by atoms with Crippen molar-refractivity contribution in [3.05, 3.63) is 414 Å². The largest absolute Gasteiger partial charge is 0.309 e. The number of pyridine rings is 4. The van der Waals surface area contributed by atoms with E-state index in [1.54, 1.807) is 12.4 Å². The molecule has 21 aromatic rings. The van der Waals surface area contributed by atoms with Crippen molar-refractivity contribution in [2.24, 2.45) is 0 Å². The summed E-state index contributed by atoms with van der Waals surface area (Å²) in [4.78, 5) is 29.1. The van der Waals surface area contributed by atoms with Gasteiger partial charge >= 0.3 is 0 Å². The zero-order valence-corrected chi connectivity index (χ0v) is 66.0. The minimum atomic E-state index is 0.703. The summed E-state index contributed by atoms with van der Waals surface area (Å²) in [6, 6.07) is 135. The van der Waals surface area contributed by atoms with E-state index in [-0.39, 0.29) is 0 Å². The van der Waals surface area contributed by atoms with Gasteiger partial charge in [-0.15, -0.1) is 0 Å². The van der Waals surface area contributed by atoms with Crippen molar-refractivity contribution in [1.29, 1.82) is 0 Å². The molecule has 540 valence electrons. The van der Waals surface area contributed by atoms with E-state index < -0.39 is 0 Å². The number of fused-ring (bicyclic) bond motifs is 9. The molecule has 9 nitrogen and oxygen atoms in total. The molecule has 21 rings (SSSR count). The van der Waals surface area contributed by atoms with E-state index in [4.69, 9.17) is 19.9 Å². The van der Waals surface area contributed by atoms with E-state index in [0.29, 0.717) is 5.82 Å². The van der Waals surface area contributed by atoms with Gasteiger partial charge in [-0.1, -0.05) is 290 Å². The van der Waals surface area contributed by atoms with Gasteiger partial charge in [-0.2, -0.15) is 0 Å². The molecule has 0 spiro atoms. The van der Waals surface area contributed by atoms with Gasteiger partial charge in [0, 0.05) is 103 Å². The van der Waals surface area contributed by atoms with Crippen molar-refractivity contribution in [1.82, 2.24) is 43.6 Å². The Kier molecular flexibility index (Phi) is 19.4. The smallest absolute Gasteiger partial charge is 0.160 e. The molecule has 0 aliphatic rings. The van der Waals surface area contributed by atoms with E-state index in [0.717, 1.165) is 137 Å². The van der Waals surface area contributed by atoms with Crippen LogP contribution in [0.2, 0.25) is 0 Å². The lowest BCUT2D eigenvalue weighted by atomic mass is 9.99. The lowest BCUT2D eigenvalue weighted by Crippen LogP contribution is -1.98. The third-order valence-corrected chi connectivity index (χ3v) is 22.7. The van der Waals surface area contributed by atoms with Crippen molar-refractivity contribution in [2.45, 2.75) is 0 Å². The van der Waals surface area contributed by atoms with Gasteiger partial charge in [-0.25, -0.2) is 19.9 Å². The van der Waals surface area contributed by atoms with E-state index in [2.05, 4.69) is 375 Å². The Morgan fingerprint density at radius 1 is 0.184 bits per heavy atom. The first-order chi connectivity index (χ1) is 56.3. The number of aromatic nitrogens is 9. The SMILES string of the molecule is Brc1cccc2c1c1ccccc1n2-c1ccc(-c2cc(-c3ccccn3)nc(-c3ccccn3)c2)cc1.Brc1cccc2c1c1ccccc1n2-c1cccc(-c2cc(-c3ccccc3)nc(-c3ccccc3)c2)c1.Brc1cccc2c1c1ccccc1n2-c1cccc(-c2nc(-c3ccccc3)cc(-c3ccccc3)n2)c1. The van der Waals surface area contributed by atoms with Crippen LogP contribution in [-0.2, 0) is 0 Å². The van der Waals surface area contributed by atoms with Crippen LogP contribution in [0.25, 0.3) is 184 Å². The first-order valence-corrected chi connectivity index (χ1v) is 40.0. The Bertz CT molecular complexity index is 6660. The minimum Gasteiger partial charge on any atom is -0.309 e. The molecule has 0 fully saturated rings. The van der Waals surface area contributed by atoms with E-state index in [1.807, 2.05) is 84.9 Å². The third-order valence-electron chi connectivity index (χ3n) is 20.7. The minimum absolute atomic E-state index is 0.703. The zero-order chi connectivity index (χ0) is 76.4. The number of hydrogen-bond donors (Lipinski definition) is 0. The van der Waals surface area contributed by atoms with Crippen molar-refractivity contribution in [3.8, 4) is 119 Å². The fourth-order valence-corrected chi connectivity index (χ4v) is 17.2. The second kappa shape index (κ2) is 31.3. The molecule has 13 aromatic carbocycles. The van der Waals surface area contributed by atoms with Crippen LogP contribution in [0.4, 0.5) is 0 Å². The van der Waals surface area contributed by atoms with Crippen LogP contribution in [0.1, 0.15) is 0 Å². The number of rotatable bonds is 12. The predicted octanol–water partition coefficient (Wildman–Crippen LogP) is 28.0. The second-order valence-electron chi connectivity index (χ2n) is 27.7. The standard InChI is InChI=1S/C35H23BrN2.C34H22BrN3.C33H21BrN4/c36-30-18-10-20-34-35(30)29-17-7-8-19-33(29)38(34)28-16-9-15-26(21-28)27-22-31(24-11-3-1-4-12-24)37-32(23-27)25-13-5-2-6-14-25;35-28-18-10-20-32-33(28)27-17-7-8-19-31(27)38(32)26-16-9-15-25(21-26)34-36-29(23-11-3-1-4-12-23)22-30(37-34)24-13-5-2-6-14-24;34-26-9-7-13-32-33(26)25-8-1-2-12-31(25)38(32)24-16-14-22(15-17-24)23-20-29(27-10-3-5-18-35-27)37-30(21-23)28-11-4-6-19-36-28/h1-23H;1-22H;1-21H.